The molecule has 0 saturated carbocycles. The minimum absolute atomic E-state index is 0.408. The summed E-state index contributed by atoms with van der Waals surface area (Å²) in [7, 11) is 0. The Hall–Kier alpha value is -3.03. The van der Waals surface area contributed by atoms with E-state index in [2.05, 4.69) is 10.5 Å². The lowest BCUT2D eigenvalue weighted by Crippen LogP contribution is -2.09. The van der Waals surface area contributed by atoms with Crippen molar-refractivity contribution in [1.29, 1.82) is 0 Å². The van der Waals surface area contributed by atoms with Gasteiger partial charge < -0.3 is 9.84 Å². The van der Waals surface area contributed by atoms with Gasteiger partial charge in [-0.15, -0.1) is 0 Å². The van der Waals surface area contributed by atoms with Crippen molar-refractivity contribution in [2.24, 2.45) is 5.10 Å². The maximum absolute atomic E-state index is 12.4. The zero-order valence-electron chi connectivity index (χ0n) is 12.2. The summed E-state index contributed by atoms with van der Waals surface area (Å²) in [6.07, 6.45) is -2.90. The van der Waals surface area contributed by atoms with E-state index < -0.39 is 24.3 Å². The molecule has 2 rings (SSSR count). The van der Waals surface area contributed by atoms with Crippen LogP contribution in [0.1, 0.15) is 11.1 Å². The second kappa shape index (κ2) is 7.49. The standard InChI is InChI=1S/C16H13F3N2O3/c17-16(18,19)12-3-5-13(6-4-12)21-20-9-11-1-7-14(8-2-11)24-10-15(22)23/h1-9,21H,10H2,(H,22,23)/b20-9+. The van der Waals surface area contributed by atoms with E-state index in [0.29, 0.717) is 17.0 Å². The molecule has 0 spiro atoms. The molecular weight excluding hydrogens is 325 g/mol. The molecule has 0 radical (unpaired) electrons. The first-order valence-electron chi connectivity index (χ1n) is 6.75. The van der Waals surface area contributed by atoms with Crippen LogP contribution in [0.4, 0.5) is 18.9 Å². The molecule has 0 aliphatic heterocycles. The van der Waals surface area contributed by atoms with Crippen LogP contribution in [0, 0.1) is 0 Å². The Bertz CT molecular complexity index is 711. The van der Waals surface area contributed by atoms with Gasteiger partial charge in [0.15, 0.2) is 6.61 Å². The molecule has 2 aromatic rings. The van der Waals surface area contributed by atoms with Crippen molar-refractivity contribution in [3.63, 3.8) is 0 Å². The molecular formula is C16H13F3N2O3. The molecule has 0 atom stereocenters. The van der Waals surface area contributed by atoms with Gasteiger partial charge in [0.2, 0.25) is 0 Å². The smallest absolute Gasteiger partial charge is 0.416 e. The van der Waals surface area contributed by atoms with E-state index >= 15 is 0 Å². The van der Waals surface area contributed by atoms with E-state index in [4.69, 9.17) is 9.84 Å². The van der Waals surface area contributed by atoms with E-state index in [1.54, 1.807) is 24.3 Å². The van der Waals surface area contributed by atoms with Crippen LogP contribution >= 0.6 is 0 Å². The Morgan fingerprint density at radius 3 is 2.29 bits per heavy atom. The van der Waals surface area contributed by atoms with Gasteiger partial charge in [-0.25, -0.2) is 4.79 Å². The van der Waals surface area contributed by atoms with Gasteiger partial charge in [-0.2, -0.15) is 18.3 Å². The number of rotatable bonds is 6. The number of carboxylic acids is 1. The Morgan fingerprint density at radius 1 is 1.12 bits per heavy atom. The number of carboxylic acid groups (broad SMARTS) is 1. The summed E-state index contributed by atoms with van der Waals surface area (Å²) in [6, 6.07) is 11.0. The average molecular weight is 338 g/mol. The van der Waals surface area contributed by atoms with E-state index in [1.165, 1.54) is 18.3 Å². The lowest BCUT2D eigenvalue weighted by Gasteiger charge is -2.07. The minimum atomic E-state index is -4.37. The van der Waals surface area contributed by atoms with Crippen LogP contribution in [0.5, 0.6) is 5.75 Å². The summed E-state index contributed by atoms with van der Waals surface area (Å²) in [5.74, 6) is -0.661. The number of halogens is 3. The van der Waals surface area contributed by atoms with Gasteiger partial charge in [-0.05, 0) is 54.1 Å². The number of hydrogen-bond acceptors (Lipinski definition) is 4. The summed E-state index contributed by atoms with van der Waals surface area (Å²) < 4.78 is 42.3. The predicted octanol–water partition coefficient (Wildman–Crippen LogP) is 3.61. The molecule has 0 fully saturated rings. The monoisotopic (exact) mass is 338 g/mol. The number of nitrogens with one attached hydrogen (secondary N) is 1. The molecule has 24 heavy (non-hydrogen) atoms. The Balaban J connectivity index is 1.90. The first kappa shape index (κ1) is 17.3. The molecule has 0 aliphatic carbocycles. The second-order valence-electron chi connectivity index (χ2n) is 4.70. The number of nitrogens with zero attached hydrogens (tertiary/aromatic N) is 1. The third-order valence-corrected chi connectivity index (χ3v) is 2.86. The number of alkyl halides is 3. The topological polar surface area (TPSA) is 70.9 Å². The van der Waals surface area contributed by atoms with Crippen LogP contribution in [-0.2, 0) is 11.0 Å². The lowest BCUT2D eigenvalue weighted by atomic mass is 10.2. The second-order valence-corrected chi connectivity index (χ2v) is 4.70. The predicted molar refractivity (Wildman–Crippen MR) is 82.2 cm³/mol. The van der Waals surface area contributed by atoms with Gasteiger partial charge in [-0.1, -0.05) is 0 Å². The van der Waals surface area contributed by atoms with Crippen molar-refractivity contribution in [1.82, 2.24) is 0 Å². The highest BCUT2D eigenvalue weighted by atomic mass is 19.4. The molecule has 8 heteroatoms. The van der Waals surface area contributed by atoms with Crippen LogP contribution in [-0.4, -0.2) is 23.9 Å². The van der Waals surface area contributed by atoms with Gasteiger partial charge in [0.05, 0.1) is 17.5 Å². The maximum Gasteiger partial charge on any atom is 0.416 e. The van der Waals surface area contributed by atoms with E-state index in [9.17, 15) is 18.0 Å². The summed E-state index contributed by atoms with van der Waals surface area (Å²) in [4.78, 5) is 10.4. The molecule has 2 N–H and O–H groups in total. The minimum Gasteiger partial charge on any atom is -0.482 e. The average Bonchev–Trinajstić information content (AvgIpc) is 2.54. The fraction of sp³-hybridized carbons (Fsp3) is 0.125. The Kier molecular flexibility index (Phi) is 5.41. The SMILES string of the molecule is O=C(O)COc1ccc(/C=N/Nc2ccc(C(F)(F)F)cc2)cc1. The first-order valence-corrected chi connectivity index (χ1v) is 6.75. The molecule has 0 saturated heterocycles. The molecule has 5 nitrogen and oxygen atoms in total. The summed E-state index contributed by atoms with van der Waals surface area (Å²) >= 11 is 0. The van der Waals surface area contributed by atoms with Crippen LogP contribution in [0.3, 0.4) is 0 Å². The van der Waals surface area contributed by atoms with Crippen LogP contribution < -0.4 is 10.2 Å². The van der Waals surface area contributed by atoms with Gasteiger partial charge in [0.25, 0.3) is 0 Å². The quantitative estimate of drug-likeness (QED) is 0.623. The van der Waals surface area contributed by atoms with E-state index in [-0.39, 0.29) is 0 Å². The highest BCUT2D eigenvalue weighted by Crippen LogP contribution is 2.29. The largest absolute Gasteiger partial charge is 0.482 e. The fourth-order valence-corrected chi connectivity index (χ4v) is 1.71. The Labute approximate surface area is 135 Å². The number of benzene rings is 2. The van der Waals surface area contributed by atoms with Crippen molar-refractivity contribution in [3.05, 3.63) is 59.7 Å². The highest BCUT2D eigenvalue weighted by Gasteiger charge is 2.29. The van der Waals surface area contributed by atoms with Gasteiger partial charge in [-0.3, -0.25) is 5.43 Å². The van der Waals surface area contributed by atoms with Crippen molar-refractivity contribution in [2.75, 3.05) is 12.0 Å². The van der Waals surface area contributed by atoms with E-state index in [1.807, 2.05) is 0 Å². The molecule has 0 heterocycles. The lowest BCUT2D eigenvalue weighted by molar-refractivity contribution is -0.139. The van der Waals surface area contributed by atoms with Crippen molar-refractivity contribution in [3.8, 4) is 5.75 Å². The van der Waals surface area contributed by atoms with Crippen LogP contribution in [0.25, 0.3) is 0 Å². The molecule has 0 unspecified atom stereocenters. The third kappa shape index (κ3) is 5.31. The van der Waals surface area contributed by atoms with Crippen molar-refractivity contribution < 1.29 is 27.8 Å². The number of hydrogen-bond donors (Lipinski definition) is 2. The van der Waals surface area contributed by atoms with Gasteiger partial charge >= 0.3 is 12.1 Å². The summed E-state index contributed by atoms with van der Waals surface area (Å²) in [6.45, 7) is -0.428. The number of hydrazone groups is 1. The Morgan fingerprint density at radius 2 is 1.75 bits per heavy atom. The van der Waals surface area contributed by atoms with Crippen LogP contribution in [0.2, 0.25) is 0 Å². The zero-order valence-corrected chi connectivity index (χ0v) is 12.2. The third-order valence-electron chi connectivity index (χ3n) is 2.86. The number of carbonyl (C=O) groups is 1. The molecule has 0 aromatic heterocycles. The zero-order chi connectivity index (χ0) is 17.6. The number of anilines is 1. The highest BCUT2D eigenvalue weighted by molar-refractivity contribution is 5.80. The molecule has 0 aliphatic rings. The van der Waals surface area contributed by atoms with Crippen LogP contribution in [0.15, 0.2) is 53.6 Å². The number of ether oxygens (including phenoxy) is 1. The van der Waals surface area contributed by atoms with Gasteiger partial charge in [0.1, 0.15) is 5.75 Å². The summed E-state index contributed by atoms with van der Waals surface area (Å²) in [5.41, 5.74) is 3.01. The maximum atomic E-state index is 12.4. The molecule has 0 amide bonds. The number of aliphatic carboxylic acids is 1. The van der Waals surface area contributed by atoms with Crippen molar-refractivity contribution in [2.45, 2.75) is 6.18 Å². The molecule has 0 bridgehead atoms. The summed E-state index contributed by atoms with van der Waals surface area (Å²) in [5, 5.41) is 12.4. The van der Waals surface area contributed by atoms with Crippen molar-refractivity contribution >= 4 is 17.9 Å². The first-order chi connectivity index (χ1) is 11.3. The molecule has 2 aromatic carbocycles. The molecule has 126 valence electrons. The normalized spacial score (nSPS) is 11.5. The van der Waals surface area contributed by atoms with Gasteiger partial charge in [0, 0.05) is 0 Å². The fourth-order valence-electron chi connectivity index (χ4n) is 1.71. The van der Waals surface area contributed by atoms with E-state index in [0.717, 1.165) is 12.1 Å².